The van der Waals surface area contributed by atoms with Crippen molar-refractivity contribution in [3.63, 3.8) is 0 Å². The van der Waals surface area contributed by atoms with Crippen molar-refractivity contribution in [3.05, 3.63) is 71.6 Å². The third-order valence-electron chi connectivity index (χ3n) is 3.85. The minimum Gasteiger partial charge on any atom is -0.416 e. The minimum absolute atomic E-state index is 0.0144. The van der Waals surface area contributed by atoms with Gasteiger partial charge in [0, 0.05) is 11.3 Å². The Hall–Kier alpha value is -2.93. The average molecular weight is 381 g/mol. The van der Waals surface area contributed by atoms with Crippen LogP contribution in [0.15, 0.2) is 64.2 Å². The number of benzene rings is 2. The molecule has 1 heterocycles. The summed E-state index contributed by atoms with van der Waals surface area (Å²) < 4.78 is 5.62. The molecular weight excluding hydrogens is 362 g/mol. The van der Waals surface area contributed by atoms with Crippen LogP contribution in [0.25, 0.3) is 0 Å². The number of carbonyl (C=O) groups excluding carboxylic acids is 2. The Morgan fingerprint density at radius 1 is 1.07 bits per heavy atom. The van der Waals surface area contributed by atoms with Crippen LogP contribution < -0.4 is 5.32 Å². The third-order valence-corrected chi connectivity index (χ3v) is 4.79. The van der Waals surface area contributed by atoms with E-state index in [9.17, 15) is 9.59 Å². The van der Waals surface area contributed by atoms with Crippen LogP contribution in [0.2, 0.25) is 0 Å². The van der Waals surface area contributed by atoms with Crippen molar-refractivity contribution in [2.75, 3.05) is 5.32 Å². The lowest BCUT2D eigenvalue weighted by Gasteiger charge is -2.10. The van der Waals surface area contributed by atoms with Gasteiger partial charge in [-0.05, 0) is 43.7 Å². The maximum Gasteiger partial charge on any atom is 0.277 e. The number of rotatable bonds is 7. The molecule has 7 heteroatoms. The second-order valence-electron chi connectivity index (χ2n) is 6.01. The normalized spacial score (nSPS) is 11.8. The molecule has 0 fully saturated rings. The molecule has 3 aromatic rings. The molecule has 0 radical (unpaired) electrons. The van der Waals surface area contributed by atoms with Gasteiger partial charge in [0.05, 0.1) is 11.7 Å². The molecule has 27 heavy (non-hydrogen) atoms. The second-order valence-corrected chi connectivity index (χ2v) is 7.30. The number of ketones is 1. The van der Waals surface area contributed by atoms with Gasteiger partial charge >= 0.3 is 0 Å². The molecule has 0 unspecified atom stereocenters. The molecule has 0 aliphatic rings. The molecular formula is C20H19N3O3S. The monoisotopic (exact) mass is 381 g/mol. The van der Waals surface area contributed by atoms with Crippen LogP contribution in [0.1, 0.15) is 35.7 Å². The van der Waals surface area contributed by atoms with Crippen molar-refractivity contribution in [1.82, 2.24) is 10.2 Å². The number of anilines is 1. The van der Waals surface area contributed by atoms with E-state index in [0.29, 0.717) is 28.8 Å². The van der Waals surface area contributed by atoms with Crippen LogP contribution in [-0.4, -0.2) is 27.1 Å². The van der Waals surface area contributed by atoms with Gasteiger partial charge in [-0.2, -0.15) is 0 Å². The highest BCUT2D eigenvalue weighted by molar-refractivity contribution is 8.00. The Kier molecular flexibility index (Phi) is 6.03. The summed E-state index contributed by atoms with van der Waals surface area (Å²) in [6.45, 7) is 3.27. The van der Waals surface area contributed by atoms with Gasteiger partial charge in [0.2, 0.25) is 11.8 Å². The number of carbonyl (C=O) groups is 2. The van der Waals surface area contributed by atoms with Crippen molar-refractivity contribution < 1.29 is 14.0 Å². The summed E-state index contributed by atoms with van der Waals surface area (Å²) in [5, 5.41) is 10.8. The molecule has 138 valence electrons. The summed E-state index contributed by atoms with van der Waals surface area (Å²) in [6.07, 6.45) is 0.553. The third kappa shape index (κ3) is 5.27. The van der Waals surface area contributed by atoms with Gasteiger partial charge in [0.1, 0.15) is 0 Å². The van der Waals surface area contributed by atoms with Crippen LogP contribution in [0.5, 0.6) is 0 Å². The molecule has 1 atom stereocenters. The predicted molar refractivity (Wildman–Crippen MR) is 104 cm³/mol. The van der Waals surface area contributed by atoms with E-state index >= 15 is 0 Å². The predicted octanol–water partition coefficient (Wildman–Crippen LogP) is 3.98. The zero-order valence-electron chi connectivity index (χ0n) is 15.0. The largest absolute Gasteiger partial charge is 0.416 e. The highest BCUT2D eigenvalue weighted by Gasteiger charge is 2.18. The molecule has 0 saturated heterocycles. The molecule has 1 N–H and O–H groups in total. The Bertz CT molecular complexity index is 923. The van der Waals surface area contributed by atoms with Crippen LogP contribution in [0.4, 0.5) is 5.69 Å². The van der Waals surface area contributed by atoms with Crippen LogP contribution in [-0.2, 0) is 11.2 Å². The Labute approximate surface area is 161 Å². The maximum absolute atomic E-state index is 12.3. The van der Waals surface area contributed by atoms with Crippen LogP contribution in [0, 0.1) is 0 Å². The van der Waals surface area contributed by atoms with E-state index in [4.69, 9.17) is 4.42 Å². The number of nitrogens with one attached hydrogen (secondary N) is 1. The molecule has 3 rings (SSSR count). The van der Waals surface area contributed by atoms with Gasteiger partial charge < -0.3 is 9.73 Å². The highest BCUT2D eigenvalue weighted by atomic mass is 32.2. The number of Topliss-reactive ketones (excluding diaryl/α,β-unsaturated/α-hetero) is 1. The van der Waals surface area contributed by atoms with Crippen molar-refractivity contribution in [2.24, 2.45) is 0 Å². The van der Waals surface area contributed by atoms with E-state index in [1.807, 2.05) is 30.3 Å². The highest BCUT2D eigenvalue weighted by Crippen LogP contribution is 2.24. The number of aromatic nitrogens is 2. The summed E-state index contributed by atoms with van der Waals surface area (Å²) in [7, 11) is 0. The lowest BCUT2D eigenvalue weighted by Crippen LogP contribution is -2.22. The number of thioether (sulfide) groups is 1. The first-order valence-electron chi connectivity index (χ1n) is 8.46. The summed E-state index contributed by atoms with van der Waals surface area (Å²) in [6, 6.07) is 16.6. The SMILES string of the molecule is CC(=O)c1ccc(NC(=O)[C@H](C)Sc2nnc(Cc3ccccc3)o2)cc1. The molecule has 6 nitrogen and oxygen atoms in total. The molecule has 1 amide bonds. The van der Waals surface area contributed by atoms with Gasteiger partial charge in [-0.1, -0.05) is 42.1 Å². The van der Waals surface area contributed by atoms with Gasteiger partial charge in [-0.15, -0.1) is 10.2 Å². The van der Waals surface area contributed by atoms with Crippen LogP contribution >= 0.6 is 11.8 Å². The number of hydrogen-bond donors (Lipinski definition) is 1. The Morgan fingerprint density at radius 2 is 1.78 bits per heavy atom. The van der Waals surface area contributed by atoms with Gasteiger partial charge in [-0.25, -0.2) is 0 Å². The van der Waals surface area contributed by atoms with E-state index in [1.165, 1.54) is 18.7 Å². The van der Waals surface area contributed by atoms with E-state index in [0.717, 1.165) is 5.56 Å². The number of nitrogens with zero attached hydrogens (tertiary/aromatic N) is 2. The van der Waals surface area contributed by atoms with Crippen LogP contribution in [0.3, 0.4) is 0 Å². The van der Waals surface area contributed by atoms with Gasteiger partial charge in [0.15, 0.2) is 5.78 Å². The molecule has 2 aromatic carbocycles. The standard InChI is InChI=1S/C20H19N3O3S/c1-13(24)16-8-10-17(11-9-16)21-19(25)14(2)27-20-23-22-18(26-20)12-15-6-4-3-5-7-15/h3-11,14H,12H2,1-2H3,(H,21,25)/t14-/m0/s1. The molecule has 1 aromatic heterocycles. The maximum atomic E-state index is 12.3. The van der Waals surface area contributed by atoms with E-state index in [-0.39, 0.29) is 11.7 Å². The zero-order valence-corrected chi connectivity index (χ0v) is 15.8. The topological polar surface area (TPSA) is 85.1 Å². The summed E-state index contributed by atoms with van der Waals surface area (Å²) in [4.78, 5) is 23.6. The lowest BCUT2D eigenvalue weighted by molar-refractivity contribution is -0.115. The Balaban J connectivity index is 1.56. The fourth-order valence-electron chi connectivity index (χ4n) is 2.36. The van der Waals surface area contributed by atoms with Gasteiger partial charge in [-0.3, -0.25) is 9.59 Å². The van der Waals surface area contributed by atoms with Crippen molar-refractivity contribution >= 4 is 29.1 Å². The molecule has 0 aliphatic heterocycles. The molecule has 0 aliphatic carbocycles. The first-order chi connectivity index (χ1) is 13.0. The minimum atomic E-state index is -0.414. The summed E-state index contributed by atoms with van der Waals surface area (Å²) in [5.74, 6) is 0.314. The van der Waals surface area contributed by atoms with Crippen molar-refractivity contribution in [1.29, 1.82) is 0 Å². The quantitative estimate of drug-likeness (QED) is 0.492. The van der Waals surface area contributed by atoms with Crippen molar-refractivity contribution in [2.45, 2.75) is 30.7 Å². The summed E-state index contributed by atoms with van der Waals surface area (Å²) >= 11 is 1.20. The zero-order chi connectivity index (χ0) is 19.2. The number of amides is 1. The van der Waals surface area contributed by atoms with E-state index in [1.54, 1.807) is 31.2 Å². The molecule has 0 saturated carbocycles. The Morgan fingerprint density at radius 3 is 2.44 bits per heavy atom. The fourth-order valence-corrected chi connectivity index (χ4v) is 3.07. The van der Waals surface area contributed by atoms with E-state index in [2.05, 4.69) is 15.5 Å². The van der Waals surface area contributed by atoms with Gasteiger partial charge in [0.25, 0.3) is 5.22 Å². The first kappa shape index (κ1) is 18.8. The van der Waals surface area contributed by atoms with Crippen molar-refractivity contribution in [3.8, 4) is 0 Å². The average Bonchev–Trinajstić information content (AvgIpc) is 3.09. The first-order valence-corrected chi connectivity index (χ1v) is 9.34. The number of hydrogen-bond acceptors (Lipinski definition) is 6. The molecule has 0 bridgehead atoms. The smallest absolute Gasteiger partial charge is 0.277 e. The fraction of sp³-hybridized carbons (Fsp3) is 0.200. The summed E-state index contributed by atoms with van der Waals surface area (Å²) in [5.41, 5.74) is 2.32. The lowest BCUT2D eigenvalue weighted by atomic mass is 10.1. The van der Waals surface area contributed by atoms with E-state index < -0.39 is 5.25 Å². The second kappa shape index (κ2) is 8.64. The molecule has 0 spiro atoms.